The van der Waals surface area contributed by atoms with E-state index in [1.807, 2.05) is 20.8 Å². The van der Waals surface area contributed by atoms with Gasteiger partial charge < -0.3 is 4.74 Å². The molecule has 1 fully saturated rings. The Labute approximate surface area is 91.3 Å². The third-order valence-corrected chi connectivity index (χ3v) is 2.43. The van der Waals surface area contributed by atoms with Crippen molar-refractivity contribution in [2.24, 2.45) is 0 Å². The van der Waals surface area contributed by atoms with E-state index in [1.165, 1.54) is 12.5 Å². The van der Waals surface area contributed by atoms with Crippen LogP contribution < -0.4 is 4.74 Å². The van der Waals surface area contributed by atoms with Gasteiger partial charge in [-0.15, -0.1) is 0 Å². The molecule has 1 saturated carbocycles. The number of benzene rings is 1. The molecular formula is C13H19FO. The Hall–Kier alpha value is -1.05. The SMILES string of the molecule is CC.Cc1ccc(F)c(OC2CCC2)c1. The van der Waals surface area contributed by atoms with Gasteiger partial charge in [-0.05, 0) is 43.9 Å². The number of rotatable bonds is 2. The Morgan fingerprint density at radius 2 is 1.93 bits per heavy atom. The first-order valence-electron chi connectivity index (χ1n) is 5.68. The summed E-state index contributed by atoms with van der Waals surface area (Å²) in [6.45, 7) is 5.94. The second kappa shape index (κ2) is 5.74. The van der Waals surface area contributed by atoms with Gasteiger partial charge in [-0.3, -0.25) is 0 Å². The number of halogens is 1. The van der Waals surface area contributed by atoms with Gasteiger partial charge in [-0.1, -0.05) is 19.9 Å². The number of hydrogen-bond donors (Lipinski definition) is 0. The second-order valence-electron chi connectivity index (χ2n) is 3.60. The minimum absolute atomic E-state index is 0.247. The molecule has 2 heteroatoms. The van der Waals surface area contributed by atoms with E-state index in [1.54, 1.807) is 12.1 Å². The molecule has 0 atom stereocenters. The van der Waals surface area contributed by atoms with Crippen molar-refractivity contribution in [3.63, 3.8) is 0 Å². The van der Waals surface area contributed by atoms with Gasteiger partial charge in [0.2, 0.25) is 0 Å². The molecule has 2 rings (SSSR count). The highest BCUT2D eigenvalue weighted by Crippen LogP contribution is 2.27. The van der Waals surface area contributed by atoms with Gasteiger partial charge in [-0.25, -0.2) is 4.39 Å². The first-order valence-corrected chi connectivity index (χ1v) is 5.68. The van der Waals surface area contributed by atoms with Gasteiger partial charge >= 0.3 is 0 Å². The van der Waals surface area contributed by atoms with Crippen LogP contribution in [0.15, 0.2) is 18.2 Å². The normalized spacial score (nSPS) is 14.9. The molecule has 0 saturated heterocycles. The summed E-state index contributed by atoms with van der Waals surface area (Å²) in [6, 6.07) is 4.97. The Morgan fingerprint density at radius 1 is 1.27 bits per heavy atom. The molecule has 1 aliphatic carbocycles. The molecule has 0 aliphatic heterocycles. The van der Waals surface area contributed by atoms with Crippen LogP contribution in [0.4, 0.5) is 4.39 Å². The van der Waals surface area contributed by atoms with Gasteiger partial charge in [0.05, 0.1) is 6.10 Å². The van der Waals surface area contributed by atoms with Crippen molar-refractivity contribution in [1.82, 2.24) is 0 Å². The molecule has 1 nitrogen and oxygen atoms in total. The molecule has 15 heavy (non-hydrogen) atoms. The van der Waals surface area contributed by atoms with Gasteiger partial charge in [-0.2, -0.15) is 0 Å². The topological polar surface area (TPSA) is 9.23 Å². The van der Waals surface area contributed by atoms with Crippen LogP contribution in [0.3, 0.4) is 0 Å². The average molecular weight is 210 g/mol. The predicted octanol–water partition coefficient (Wildman–Crippen LogP) is 4.09. The lowest BCUT2D eigenvalue weighted by molar-refractivity contribution is 0.115. The molecule has 0 radical (unpaired) electrons. The van der Waals surface area contributed by atoms with Crippen LogP contribution >= 0.6 is 0 Å². The Bertz CT molecular complexity index is 305. The largest absolute Gasteiger partial charge is 0.487 e. The zero-order valence-electron chi connectivity index (χ0n) is 9.72. The van der Waals surface area contributed by atoms with E-state index in [0.29, 0.717) is 5.75 Å². The average Bonchev–Trinajstić information content (AvgIpc) is 2.20. The van der Waals surface area contributed by atoms with Crippen LogP contribution in [-0.4, -0.2) is 6.10 Å². The van der Waals surface area contributed by atoms with Crippen molar-refractivity contribution in [3.8, 4) is 5.75 Å². The maximum Gasteiger partial charge on any atom is 0.165 e. The number of hydrogen-bond acceptors (Lipinski definition) is 1. The molecule has 0 aromatic heterocycles. The summed E-state index contributed by atoms with van der Waals surface area (Å²) < 4.78 is 18.7. The van der Waals surface area contributed by atoms with Gasteiger partial charge in [0.1, 0.15) is 0 Å². The monoisotopic (exact) mass is 210 g/mol. The fourth-order valence-corrected chi connectivity index (χ4v) is 1.37. The van der Waals surface area contributed by atoms with Crippen LogP contribution in [0, 0.1) is 12.7 Å². The van der Waals surface area contributed by atoms with Crippen molar-refractivity contribution in [2.75, 3.05) is 0 Å². The van der Waals surface area contributed by atoms with Crippen LogP contribution in [0.1, 0.15) is 38.7 Å². The quantitative estimate of drug-likeness (QED) is 0.714. The summed E-state index contributed by atoms with van der Waals surface area (Å²) in [4.78, 5) is 0. The maximum atomic E-state index is 13.2. The van der Waals surface area contributed by atoms with Crippen LogP contribution in [0.5, 0.6) is 5.75 Å². The minimum Gasteiger partial charge on any atom is -0.487 e. The summed E-state index contributed by atoms with van der Waals surface area (Å²) in [5.41, 5.74) is 1.04. The first-order chi connectivity index (χ1) is 7.25. The summed E-state index contributed by atoms with van der Waals surface area (Å²) in [7, 11) is 0. The van der Waals surface area contributed by atoms with E-state index in [0.717, 1.165) is 18.4 Å². The molecule has 1 aliphatic rings. The van der Waals surface area contributed by atoms with Crippen molar-refractivity contribution in [3.05, 3.63) is 29.6 Å². The van der Waals surface area contributed by atoms with Gasteiger partial charge in [0, 0.05) is 0 Å². The van der Waals surface area contributed by atoms with Crippen LogP contribution in [0.2, 0.25) is 0 Å². The zero-order valence-corrected chi connectivity index (χ0v) is 9.72. The molecular weight excluding hydrogens is 191 g/mol. The Morgan fingerprint density at radius 3 is 2.47 bits per heavy atom. The molecule has 0 spiro atoms. The number of aryl methyl sites for hydroxylation is 1. The van der Waals surface area contributed by atoms with Gasteiger partial charge in [0.25, 0.3) is 0 Å². The van der Waals surface area contributed by atoms with E-state index in [9.17, 15) is 4.39 Å². The Balaban J connectivity index is 0.000000531. The summed E-state index contributed by atoms with van der Waals surface area (Å²) in [5.74, 6) is 0.155. The Kier molecular flexibility index (Phi) is 4.60. The molecule has 0 amide bonds. The lowest BCUT2D eigenvalue weighted by Crippen LogP contribution is -2.24. The third kappa shape index (κ3) is 3.22. The van der Waals surface area contributed by atoms with Crippen LogP contribution in [-0.2, 0) is 0 Å². The van der Waals surface area contributed by atoms with E-state index in [4.69, 9.17) is 4.74 Å². The lowest BCUT2D eigenvalue weighted by Gasteiger charge is -2.26. The minimum atomic E-state index is -0.252. The second-order valence-corrected chi connectivity index (χ2v) is 3.60. The molecule has 1 aromatic rings. The molecule has 0 unspecified atom stereocenters. The highest BCUT2D eigenvalue weighted by atomic mass is 19.1. The highest BCUT2D eigenvalue weighted by molar-refractivity contribution is 5.29. The molecule has 84 valence electrons. The van der Waals surface area contributed by atoms with Crippen LogP contribution in [0.25, 0.3) is 0 Å². The fourth-order valence-electron chi connectivity index (χ4n) is 1.37. The lowest BCUT2D eigenvalue weighted by atomic mass is 9.96. The molecule has 1 aromatic carbocycles. The fraction of sp³-hybridized carbons (Fsp3) is 0.538. The van der Waals surface area contributed by atoms with Crippen molar-refractivity contribution in [2.45, 2.75) is 46.1 Å². The third-order valence-electron chi connectivity index (χ3n) is 2.43. The molecule has 0 bridgehead atoms. The van der Waals surface area contributed by atoms with Crippen molar-refractivity contribution >= 4 is 0 Å². The summed E-state index contributed by atoms with van der Waals surface area (Å²) in [6.07, 6.45) is 3.58. The van der Waals surface area contributed by atoms with Crippen molar-refractivity contribution < 1.29 is 9.13 Å². The van der Waals surface area contributed by atoms with Gasteiger partial charge in [0.15, 0.2) is 11.6 Å². The molecule has 0 N–H and O–H groups in total. The predicted molar refractivity (Wildman–Crippen MR) is 60.8 cm³/mol. The van der Waals surface area contributed by atoms with Crippen molar-refractivity contribution in [1.29, 1.82) is 0 Å². The smallest absolute Gasteiger partial charge is 0.165 e. The van der Waals surface area contributed by atoms with E-state index in [-0.39, 0.29) is 11.9 Å². The van der Waals surface area contributed by atoms with E-state index >= 15 is 0 Å². The maximum absolute atomic E-state index is 13.2. The standard InChI is InChI=1S/C11H13FO.C2H6/c1-8-5-6-10(12)11(7-8)13-9-3-2-4-9;1-2/h5-7,9H,2-4H2,1H3;1-2H3. The summed E-state index contributed by atoms with van der Waals surface area (Å²) in [5, 5.41) is 0. The zero-order chi connectivity index (χ0) is 11.3. The first kappa shape index (κ1) is 12.0. The van der Waals surface area contributed by atoms with E-state index in [2.05, 4.69) is 0 Å². The molecule has 0 heterocycles. The summed E-state index contributed by atoms with van der Waals surface area (Å²) >= 11 is 0. The highest BCUT2D eigenvalue weighted by Gasteiger charge is 2.20. The van der Waals surface area contributed by atoms with E-state index < -0.39 is 0 Å². The number of ether oxygens (including phenoxy) is 1.